The Morgan fingerprint density at radius 2 is 2.10 bits per heavy atom. The number of anilines is 1. The average Bonchev–Trinajstić information content (AvgIpc) is 2.39. The molecule has 0 saturated heterocycles. The number of carboxylic acid groups (broad SMARTS) is 1. The van der Waals surface area contributed by atoms with Crippen LogP contribution in [0.3, 0.4) is 0 Å². The molecule has 0 aromatic heterocycles. The molecule has 0 radical (unpaired) electrons. The SMILES string of the molecule is CNCc1cccc(NC(=O)NCC[C@H](O)C(=O)O)c1. The van der Waals surface area contributed by atoms with Gasteiger partial charge in [0.05, 0.1) is 0 Å². The normalized spacial score (nSPS) is 11.7. The summed E-state index contributed by atoms with van der Waals surface area (Å²) in [5.74, 6) is -1.30. The van der Waals surface area contributed by atoms with E-state index >= 15 is 0 Å². The second kappa shape index (κ2) is 8.13. The Hall–Kier alpha value is -2.12. The van der Waals surface area contributed by atoms with Gasteiger partial charge >= 0.3 is 12.0 Å². The third-order valence-electron chi connectivity index (χ3n) is 2.55. The van der Waals surface area contributed by atoms with Crippen LogP contribution in [0.25, 0.3) is 0 Å². The molecule has 5 N–H and O–H groups in total. The first-order valence-electron chi connectivity index (χ1n) is 6.22. The fourth-order valence-corrected chi connectivity index (χ4v) is 1.58. The minimum atomic E-state index is -1.46. The Morgan fingerprint density at radius 3 is 2.75 bits per heavy atom. The predicted octanol–water partition coefficient (Wildman–Crippen LogP) is 0.363. The van der Waals surface area contributed by atoms with E-state index in [4.69, 9.17) is 10.2 Å². The number of urea groups is 1. The molecule has 0 aliphatic carbocycles. The molecule has 0 fully saturated rings. The number of carbonyl (C=O) groups is 2. The Bertz CT molecular complexity index is 465. The van der Waals surface area contributed by atoms with Crippen molar-refractivity contribution in [1.82, 2.24) is 10.6 Å². The van der Waals surface area contributed by atoms with Crippen molar-refractivity contribution in [3.05, 3.63) is 29.8 Å². The van der Waals surface area contributed by atoms with E-state index in [1.807, 2.05) is 25.2 Å². The van der Waals surface area contributed by atoms with E-state index in [1.165, 1.54) is 0 Å². The number of carbonyl (C=O) groups excluding carboxylic acids is 1. The molecule has 2 amide bonds. The molecule has 20 heavy (non-hydrogen) atoms. The van der Waals surface area contributed by atoms with E-state index in [1.54, 1.807) is 6.07 Å². The fourth-order valence-electron chi connectivity index (χ4n) is 1.58. The van der Waals surface area contributed by atoms with Crippen LogP contribution in [0.5, 0.6) is 0 Å². The highest BCUT2D eigenvalue weighted by molar-refractivity contribution is 5.89. The van der Waals surface area contributed by atoms with Crippen molar-refractivity contribution in [1.29, 1.82) is 0 Å². The zero-order valence-corrected chi connectivity index (χ0v) is 11.2. The number of rotatable bonds is 7. The fraction of sp³-hybridized carbons (Fsp3) is 0.385. The van der Waals surface area contributed by atoms with Gasteiger partial charge in [0, 0.05) is 25.2 Å². The molecule has 1 aromatic carbocycles. The van der Waals surface area contributed by atoms with Gasteiger partial charge in [-0.05, 0) is 24.7 Å². The summed E-state index contributed by atoms with van der Waals surface area (Å²) in [6.45, 7) is 0.775. The zero-order chi connectivity index (χ0) is 15.0. The Morgan fingerprint density at radius 1 is 1.35 bits per heavy atom. The number of benzene rings is 1. The molecule has 1 atom stereocenters. The standard InChI is InChI=1S/C13H19N3O4/c1-14-8-9-3-2-4-10(7-9)16-13(20)15-6-5-11(17)12(18)19/h2-4,7,11,14,17H,5-6,8H2,1H3,(H,18,19)(H2,15,16,20)/t11-/m0/s1. The molecule has 1 aromatic rings. The molecule has 0 bridgehead atoms. The molecule has 0 aliphatic heterocycles. The third kappa shape index (κ3) is 5.68. The van der Waals surface area contributed by atoms with Gasteiger partial charge < -0.3 is 26.2 Å². The van der Waals surface area contributed by atoms with Gasteiger partial charge in [-0.2, -0.15) is 0 Å². The summed E-state index contributed by atoms with van der Waals surface area (Å²) in [5.41, 5.74) is 1.68. The van der Waals surface area contributed by atoms with Crippen molar-refractivity contribution >= 4 is 17.7 Å². The van der Waals surface area contributed by atoms with Gasteiger partial charge in [0.25, 0.3) is 0 Å². The van der Waals surface area contributed by atoms with E-state index in [9.17, 15) is 9.59 Å². The molecule has 110 valence electrons. The minimum Gasteiger partial charge on any atom is -0.479 e. The Balaban J connectivity index is 2.38. The summed E-state index contributed by atoms with van der Waals surface area (Å²) in [5, 5.41) is 25.7. The van der Waals surface area contributed by atoms with Gasteiger partial charge in [0.1, 0.15) is 0 Å². The highest BCUT2D eigenvalue weighted by atomic mass is 16.4. The minimum absolute atomic E-state index is 0.0391. The molecule has 7 heteroatoms. The number of nitrogens with one attached hydrogen (secondary N) is 3. The molecular formula is C13H19N3O4. The van der Waals surface area contributed by atoms with Crippen molar-refractivity contribution in [2.75, 3.05) is 18.9 Å². The number of carboxylic acids is 1. The highest BCUT2D eigenvalue weighted by Crippen LogP contribution is 2.10. The van der Waals surface area contributed by atoms with E-state index in [0.717, 1.165) is 5.56 Å². The van der Waals surface area contributed by atoms with Crippen molar-refractivity contribution < 1.29 is 19.8 Å². The lowest BCUT2D eigenvalue weighted by molar-refractivity contribution is -0.146. The molecule has 0 unspecified atom stereocenters. The van der Waals surface area contributed by atoms with Crippen molar-refractivity contribution in [3.63, 3.8) is 0 Å². The van der Waals surface area contributed by atoms with E-state index < -0.39 is 18.1 Å². The average molecular weight is 281 g/mol. The molecule has 0 heterocycles. The van der Waals surface area contributed by atoms with Gasteiger partial charge in [0.2, 0.25) is 0 Å². The summed E-state index contributed by atoms with van der Waals surface area (Å²) in [6, 6.07) is 6.91. The summed E-state index contributed by atoms with van der Waals surface area (Å²) in [4.78, 5) is 21.9. The maximum atomic E-state index is 11.6. The molecule has 0 saturated carbocycles. The maximum absolute atomic E-state index is 11.6. The molecular weight excluding hydrogens is 262 g/mol. The lowest BCUT2D eigenvalue weighted by Gasteiger charge is -2.10. The van der Waals surface area contributed by atoms with E-state index in [-0.39, 0.29) is 13.0 Å². The van der Waals surface area contributed by atoms with E-state index in [0.29, 0.717) is 12.2 Å². The lowest BCUT2D eigenvalue weighted by Crippen LogP contribution is -2.33. The quantitative estimate of drug-likeness (QED) is 0.496. The number of hydrogen-bond acceptors (Lipinski definition) is 4. The first-order valence-corrected chi connectivity index (χ1v) is 6.22. The van der Waals surface area contributed by atoms with Crippen LogP contribution in [0.4, 0.5) is 10.5 Å². The summed E-state index contributed by atoms with van der Waals surface area (Å²) < 4.78 is 0. The summed E-state index contributed by atoms with van der Waals surface area (Å²) >= 11 is 0. The largest absolute Gasteiger partial charge is 0.479 e. The van der Waals surface area contributed by atoms with Crippen molar-refractivity contribution in [2.45, 2.75) is 19.1 Å². The third-order valence-corrected chi connectivity index (χ3v) is 2.55. The second-order valence-corrected chi connectivity index (χ2v) is 4.25. The van der Waals surface area contributed by atoms with Crippen LogP contribution < -0.4 is 16.0 Å². The monoisotopic (exact) mass is 281 g/mol. The number of aliphatic hydroxyl groups excluding tert-OH is 1. The van der Waals surface area contributed by atoms with Crippen LogP contribution in [0.2, 0.25) is 0 Å². The van der Waals surface area contributed by atoms with Gasteiger partial charge in [0.15, 0.2) is 6.10 Å². The molecule has 7 nitrogen and oxygen atoms in total. The van der Waals surface area contributed by atoms with Crippen LogP contribution >= 0.6 is 0 Å². The van der Waals surface area contributed by atoms with Crippen LogP contribution in [0, 0.1) is 0 Å². The van der Waals surface area contributed by atoms with Crippen molar-refractivity contribution in [3.8, 4) is 0 Å². The van der Waals surface area contributed by atoms with Crippen LogP contribution in [-0.4, -0.2) is 41.9 Å². The lowest BCUT2D eigenvalue weighted by atomic mass is 10.2. The zero-order valence-electron chi connectivity index (χ0n) is 11.2. The molecule has 1 rings (SSSR count). The smallest absolute Gasteiger partial charge is 0.332 e. The van der Waals surface area contributed by atoms with Crippen LogP contribution in [0.15, 0.2) is 24.3 Å². The number of hydrogen-bond donors (Lipinski definition) is 5. The van der Waals surface area contributed by atoms with Gasteiger partial charge in [-0.15, -0.1) is 0 Å². The Kier molecular flexibility index (Phi) is 6.48. The number of amides is 2. The first kappa shape index (κ1) is 15.9. The van der Waals surface area contributed by atoms with E-state index in [2.05, 4.69) is 16.0 Å². The topological polar surface area (TPSA) is 111 Å². The highest BCUT2D eigenvalue weighted by Gasteiger charge is 2.12. The maximum Gasteiger partial charge on any atom is 0.332 e. The van der Waals surface area contributed by atoms with Gasteiger partial charge in [-0.25, -0.2) is 9.59 Å². The van der Waals surface area contributed by atoms with Crippen molar-refractivity contribution in [2.24, 2.45) is 0 Å². The van der Waals surface area contributed by atoms with Crippen LogP contribution in [0.1, 0.15) is 12.0 Å². The van der Waals surface area contributed by atoms with Crippen LogP contribution in [-0.2, 0) is 11.3 Å². The van der Waals surface area contributed by atoms with Gasteiger partial charge in [-0.3, -0.25) is 0 Å². The van der Waals surface area contributed by atoms with Gasteiger partial charge in [-0.1, -0.05) is 12.1 Å². The number of aliphatic hydroxyl groups is 1. The first-order chi connectivity index (χ1) is 9.52. The molecule has 0 aliphatic rings. The number of aliphatic carboxylic acids is 1. The predicted molar refractivity (Wildman–Crippen MR) is 74.5 cm³/mol. The summed E-state index contributed by atoms with van der Waals surface area (Å²) in [6.07, 6.45) is -1.50. The summed E-state index contributed by atoms with van der Waals surface area (Å²) in [7, 11) is 1.83. The second-order valence-electron chi connectivity index (χ2n) is 4.25. The molecule has 0 spiro atoms. The Labute approximate surface area is 117 Å².